The molecule has 1 N–H and O–H groups in total. The smallest absolute Gasteiger partial charge is 0.328 e. The summed E-state index contributed by atoms with van der Waals surface area (Å²) in [5.74, 6) is -0.144. The van der Waals surface area contributed by atoms with Crippen molar-refractivity contribution in [2.75, 3.05) is 21.2 Å². The van der Waals surface area contributed by atoms with Crippen molar-refractivity contribution in [3.05, 3.63) is 41.0 Å². The molecule has 1 atom stereocenters. The number of ether oxygens (including phenoxy) is 1. The molecule has 1 unspecified atom stereocenters. The second-order valence-electron chi connectivity index (χ2n) is 4.81. The molecule has 0 saturated carbocycles. The van der Waals surface area contributed by atoms with E-state index in [-0.39, 0.29) is 6.04 Å². The molecule has 4 heteroatoms. The van der Waals surface area contributed by atoms with E-state index in [1.54, 1.807) is 13.2 Å². The first-order valence-electron chi connectivity index (χ1n) is 6.09. The Hall–Kier alpha value is -1.81. The minimum absolute atomic E-state index is 0.135. The van der Waals surface area contributed by atoms with Gasteiger partial charge in [0, 0.05) is 11.6 Å². The molecular formula is C15H21NO3. The van der Waals surface area contributed by atoms with E-state index in [0.717, 1.165) is 22.4 Å². The number of aryl methyl sites for hydroxylation is 2. The normalized spacial score (nSPS) is 12.9. The summed E-state index contributed by atoms with van der Waals surface area (Å²) in [5, 5.41) is 8.79. The van der Waals surface area contributed by atoms with E-state index < -0.39 is 5.97 Å². The number of benzene rings is 1. The summed E-state index contributed by atoms with van der Waals surface area (Å²) >= 11 is 0. The zero-order chi connectivity index (χ0) is 14.6. The largest absolute Gasteiger partial charge is 0.496 e. The fourth-order valence-electron chi connectivity index (χ4n) is 2.21. The highest BCUT2D eigenvalue weighted by Crippen LogP contribution is 2.33. The van der Waals surface area contributed by atoms with Gasteiger partial charge >= 0.3 is 5.97 Å². The zero-order valence-electron chi connectivity index (χ0n) is 12.1. The molecule has 0 spiro atoms. The predicted octanol–water partition coefficient (Wildman–Crippen LogP) is 2.56. The van der Waals surface area contributed by atoms with E-state index in [9.17, 15) is 4.79 Å². The number of likely N-dealkylation sites (N-methyl/N-ethyl adjacent to an activating group) is 1. The molecule has 0 bridgehead atoms. The van der Waals surface area contributed by atoms with Crippen LogP contribution in [0.5, 0.6) is 5.75 Å². The highest BCUT2D eigenvalue weighted by molar-refractivity contribution is 5.79. The van der Waals surface area contributed by atoms with E-state index in [0.29, 0.717) is 0 Å². The van der Waals surface area contributed by atoms with Crippen molar-refractivity contribution >= 4 is 5.97 Å². The Morgan fingerprint density at radius 3 is 2.47 bits per heavy atom. The molecule has 0 aliphatic carbocycles. The maximum atomic E-state index is 10.7. The molecule has 0 amide bonds. The number of hydrogen-bond donors (Lipinski definition) is 1. The predicted molar refractivity (Wildman–Crippen MR) is 75.7 cm³/mol. The maximum Gasteiger partial charge on any atom is 0.328 e. The van der Waals surface area contributed by atoms with Gasteiger partial charge in [0.05, 0.1) is 13.2 Å². The Morgan fingerprint density at radius 2 is 2.00 bits per heavy atom. The van der Waals surface area contributed by atoms with Gasteiger partial charge in [-0.05, 0) is 33.5 Å². The van der Waals surface area contributed by atoms with E-state index in [1.165, 1.54) is 6.08 Å². The summed E-state index contributed by atoms with van der Waals surface area (Å²) in [7, 11) is 5.46. The lowest BCUT2D eigenvalue weighted by Gasteiger charge is -2.24. The van der Waals surface area contributed by atoms with Gasteiger partial charge in [-0.1, -0.05) is 23.8 Å². The van der Waals surface area contributed by atoms with Crippen molar-refractivity contribution in [3.63, 3.8) is 0 Å². The first kappa shape index (κ1) is 15.2. The van der Waals surface area contributed by atoms with Crippen molar-refractivity contribution in [3.8, 4) is 5.75 Å². The molecule has 104 valence electrons. The Labute approximate surface area is 114 Å². The maximum absolute atomic E-state index is 10.7. The van der Waals surface area contributed by atoms with E-state index in [2.05, 4.69) is 6.07 Å². The lowest BCUT2D eigenvalue weighted by Crippen LogP contribution is -2.19. The summed E-state index contributed by atoms with van der Waals surface area (Å²) in [6.07, 6.45) is 2.83. The summed E-state index contributed by atoms with van der Waals surface area (Å²) in [6, 6.07) is 3.95. The number of carboxylic acids is 1. The van der Waals surface area contributed by atoms with Crippen molar-refractivity contribution in [2.24, 2.45) is 0 Å². The lowest BCUT2D eigenvalue weighted by molar-refractivity contribution is -0.131. The molecule has 0 fully saturated rings. The molecule has 0 saturated heterocycles. The Morgan fingerprint density at radius 1 is 1.37 bits per heavy atom. The summed E-state index contributed by atoms with van der Waals surface area (Å²) in [4.78, 5) is 12.7. The van der Waals surface area contributed by atoms with Gasteiger partial charge < -0.3 is 9.84 Å². The quantitative estimate of drug-likeness (QED) is 0.829. The molecule has 0 aliphatic rings. The van der Waals surface area contributed by atoms with Gasteiger partial charge in [-0.25, -0.2) is 4.79 Å². The average Bonchev–Trinajstić information content (AvgIpc) is 2.27. The van der Waals surface area contributed by atoms with Gasteiger partial charge in [0.15, 0.2) is 0 Å². The molecule has 4 nitrogen and oxygen atoms in total. The van der Waals surface area contributed by atoms with Crippen LogP contribution in [-0.2, 0) is 4.79 Å². The number of rotatable bonds is 5. The molecule has 0 aliphatic heterocycles. The highest BCUT2D eigenvalue weighted by Gasteiger charge is 2.18. The zero-order valence-corrected chi connectivity index (χ0v) is 12.1. The lowest BCUT2D eigenvalue weighted by atomic mass is 9.98. The van der Waals surface area contributed by atoms with E-state index in [4.69, 9.17) is 9.84 Å². The molecular weight excluding hydrogens is 242 g/mol. The highest BCUT2D eigenvalue weighted by atomic mass is 16.5. The van der Waals surface area contributed by atoms with Gasteiger partial charge in [-0.2, -0.15) is 0 Å². The molecule has 0 aromatic heterocycles. The second kappa shape index (κ2) is 6.38. The van der Waals surface area contributed by atoms with Crippen LogP contribution >= 0.6 is 0 Å². The van der Waals surface area contributed by atoms with Crippen LogP contribution in [0.15, 0.2) is 24.3 Å². The van der Waals surface area contributed by atoms with Crippen molar-refractivity contribution in [1.82, 2.24) is 4.90 Å². The number of carboxylic acid groups (broad SMARTS) is 1. The van der Waals surface area contributed by atoms with Gasteiger partial charge in [0.25, 0.3) is 0 Å². The third-order valence-electron chi connectivity index (χ3n) is 2.95. The van der Waals surface area contributed by atoms with Crippen molar-refractivity contribution < 1.29 is 14.6 Å². The van der Waals surface area contributed by atoms with Crippen LogP contribution in [0.3, 0.4) is 0 Å². The Bertz CT molecular complexity index is 492. The van der Waals surface area contributed by atoms with Crippen LogP contribution in [0.1, 0.15) is 22.7 Å². The van der Waals surface area contributed by atoms with Crippen LogP contribution in [-0.4, -0.2) is 37.2 Å². The van der Waals surface area contributed by atoms with Crippen LogP contribution in [0.4, 0.5) is 0 Å². The standard InChI is InChI=1S/C15H21NO3/c1-10-8-11(2)15(19-5)12(9-10)13(16(3)4)6-7-14(17)18/h6-9,13H,1-5H3,(H,17,18)/b7-6+. The van der Waals surface area contributed by atoms with Crippen LogP contribution in [0.25, 0.3) is 0 Å². The first-order valence-corrected chi connectivity index (χ1v) is 6.09. The van der Waals surface area contributed by atoms with Crippen LogP contribution < -0.4 is 4.74 Å². The Kier molecular flexibility index (Phi) is 5.12. The monoisotopic (exact) mass is 263 g/mol. The van der Waals surface area contributed by atoms with Crippen LogP contribution in [0.2, 0.25) is 0 Å². The number of hydrogen-bond acceptors (Lipinski definition) is 3. The molecule has 0 heterocycles. The summed E-state index contributed by atoms with van der Waals surface area (Å²) < 4.78 is 5.46. The van der Waals surface area contributed by atoms with E-state index in [1.807, 2.05) is 38.9 Å². The van der Waals surface area contributed by atoms with Gasteiger partial charge in [0.2, 0.25) is 0 Å². The Balaban J connectivity index is 3.33. The summed E-state index contributed by atoms with van der Waals surface area (Å²) in [6.45, 7) is 4.01. The number of aliphatic carboxylic acids is 1. The third kappa shape index (κ3) is 3.83. The van der Waals surface area contributed by atoms with E-state index >= 15 is 0 Å². The second-order valence-corrected chi connectivity index (χ2v) is 4.81. The molecule has 19 heavy (non-hydrogen) atoms. The minimum atomic E-state index is -0.949. The molecule has 1 aromatic carbocycles. The van der Waals surface area contributed by atoms with Crippen LogP contribution in [0, 0.1) is 13.8 Å². The number of methoxy groups -OCH3 is 1. The van der Waals surface area contributed by atoms with Gasteiger partial charge in [-0.15, -0.1) is 0 Å². The third-order valence-corrected chi connectivity index (χ3v) is 2.95. The van der Waals surface area contributed by atoms with Crippen molar-refractivity contribution in [1.29, 1.82) is 0 Å². The average molecular weight is 263 g/mol. The minimum Gasteiger partial charge on any atom is -0.496 e. The number of nitrogens with zero attached hydrogens (tertiary/aromatic N) is 1. The summed E-state index contributed by atoms with van der Waals surface area (Å²) in [5.41, 5.74) is 3.15. The fraction of sp³-hybridized carbons (Fsp3) is 0.400. The molecule has 1 rings (SSSR count). The van der Waals surface area contributed by atoms with Gasteiger partial charge in [0.1, 0.15) is 5.75 Å². The fourth-order valence-corrected chi connectivity index (χ4v) is 2.21. The number of carbonyl (C=O) groups is 1. The van der Waals surface area contributed by atoms with Crippen molar-refractivity contribution in [2.45, 2.75) is 19.9 Å². The first-order chi connectivity index (χ1) is 8.86. The topological polar surface area (TPSA) is 49.8 Å². The van der Waals surface area contributed by atoms with Gasteiger partial charge in [-0.3, -0.25) is 4.90 Å². The molecule has 0 radical (unpaired) electrons. The molecule has 1 aromatic rings. The SMILES string of the molecule is COc1c(C)cc(C)cc1C(/C=C/C(=O)O)N(C)C.